The lowest BCUT2D eigenvalue weighted by Crippen LogP contribution is -2.40. The first kappa shape index (κ1) is 22.0. The number of aryl methyl sites for hydroxylation is 1. The fraction of sp³-hybridized carbons (Fsp3) is 0.407. The minimum atomic E-state index is 0.0328. The van der Waals surface area contributed by atoms with Gasteiger partial charge in [-0.3, -0.25) is 4.98 Å². The summed E-state index contributed by atoms with van der Waals surface area (Å²) in [7, 11) is 1.70. The molecule has 1 saturated heterocycles. The van der Waals surface area contributed by atoms with E-state index in [2.05, 4.69) is 59.0 Å². The van der Waals surface area contributed by atoms with E-state index in [1.54, 1.807) is 7.11 Å². The van der Waals surface area contributed by atoms with Gasteiger partial charge in [0.05, 0.1) is 24.9 Å². The van der Waals surface area contributed by atoms with Crippen LogP contribution >= 0.6 is 12.2 Å². The molecule has 1 aromatic carbocycles. The number of benzene rings is 1. The van der Waals surface area contributed by atoms with Gasteiger partial charge in [-0.05, 0) is 86.9 Å². The van der Waals surface area contributed by atoms with Crippen LogP contribution in [-0.2, 0) is 0 Å². The van der Waals surface area contributed by atoms with Gasteiger partial charge in [-0.15, -0.1) is 0 Å². The number of hydrogen-bond donors (Lipinski definition) is 1. The smallest absolute Gasteiger partial charge is 0.170 e. The third kappa shape index (κ3) is 4.01. The second-order valence-electron chi connectivity index (χ2n) is 9.19. The molecule has 6 heteroatoms. The molecule has 172 valence electrons. The summed E-state index contributed by atoms with van der Waals surface area (Å²) in [6, 6.07) is 17.4. The number of ether oxygens (including phenoxy) is 1. The Morgan fingerprint density at radius 1 is 1.03 bits per heavy atom. The molecule has 5 rings (SSSR count). The Morgan fingerprint density at radius 3 is 2.45 bits per heavy atom. The van der Waals surface area contributed by atoms with Crippen LogP contribution in [0.25, 0.3) is 5.69 Å². The first-order valence-electron chi connectivity index (χ1n) is 11.9. The lowest BCUT2D eigenvalue weighted by Gasteiger charge is -2.37. The Balaban J connectivity index is 1.60. The zero-order valence-corrected chi connectivity index (χ0v) is 20.4. The van der Waals surface area contributed by atoms with Gasteiger partial charge < -0.3 is 19.5 Å². The lowest BCUT2D eigenvalue weighted by molar-refractivity contribution is 0.197. The molecule has 2 aromatic heterocycles. The molecule has 0 radical (unpaired) electrons. The van der Waals surface area contributed by atoms with E-state index in [4.69, 9.17) is 21.9 Å². The van der Waals surface area contributed by atoms with Crippen molar-refractivity contribution >= 4 is 17.3 Å². The second kappa shape index (κ2) is 9.18. The van der Waals surface area contributed by atoms with E-state index >= 15 is 0 Å². The molecule has 0 unspecified atom stereocenters. The molecule has 3 aromatic rings. The fourth-order valence-electron chi connectivity index (χ4n) is 5.67. The highest BCUT2D eigenvalue weighted by molar-refractivity contribution is 7.80. The van der Waals surface area contributed by atoms with Crippen LogP contribution in [0.2, 0.25) is 0 Å². The van der Waals surface area contributed by atoms with Crippen LogP contribution in [0.1, 0.15) is 66.8 Å². The summed E-state index contributed by atoms with van der Waals surface area (Å²) in [5.74, 6) is 0.866. The quantitative estimate of drug-likeness (QED) is 0.487. The molecule has 1 aliphatic heterocycles. The number of pyridine rings is 1. The average Bonchev–Trinajstić information content (AvgIpc) is 3.35. The molecule has 3 heterocycles. The molecule has 0 bridgehead atoms. The number of thiocarbonyl (C=S) groups is 1. The molecule has 1 N–H and O–H groups in total. The Hall–Kier alpha value is -2.86. The van der Waals surface area contributed by atoms with Crippen molar-refractivity contribution in [1.82, 2.24) is 19.8 Å². The Labute approximate surface area is 201 Å². The molecule has 2 fully saturated rings. The normalized spacial score (nSPS) is 21.3. The summed E-state index contributed by atoms with van der Waals surface area (Å²) in [6.45, 7) is 4.41. The highest BCUT2D eigenvalue weighted by Gasteiger charge is 2.44. The molecule has 2 aliphatic rings. The second-order valence-corrected chi connectivity index (χ2v) is 9.57. The van der Waals surface area contributed by atoms with Gasteiger partial charge in [0.25, 0.3) is 0 Å². The fourth-order valence-corrected chi connectivity index (χ4v) is 6.06. The minimum Gasteiger partial charge on any atom is -0.497 e. The number of nitrogens with one attached hydrogen (secondary N) is 1. The molecule has 1 saturated carbocycles. The largest absolute Gasteiger partial charge is 0.497 e. The van der Waals surface area contributed by atoms with Gasteiger partial charge >= 0.3 is 0 Å². The Morgan fingerprint density at radius 2 is 1.79 bits per heavy atom. The predicted octanol–water partition coefficient (Wildman–Crippen LogP) is 5.80. The Bertz CT molecular complexity index is 1120. The third-order valence-corrected chi connectivity index (χ3v) is 7.55. The molecule has 33 heavy (non-hydrogen) atoms. The van der Waals surface area contributed by atoms with E-state index in [1.165, 1.54) is 49.1 Å². The van der Waals surface area contributed by atoms with Crippen LogP contribution in [0.3, 0.4) is 0 Å². The van der Waals surface area contributed by atoms with Gasteiger partial charge in [0.1, 0.15) is 5.75 Å². The van der Waals surface area contributed by atoms with E-state index in [0.717, 1.165) is 22.2 Å². The monoisotopic (exact) mass is 460 g/mol. The van der Waals surface area contributed by atoms with Gasteiger partial charge in [0.2, 0.25) is 0 Å². The van der Waals surface area contributed by atoms with E-state index in [0.29, 0.717) is 6.04 Å². The van der Waals surface area contributed by atoms with Crippen molar-refractivity contribution in [3.05, 3.63) is 77.4 Å². The molecular formula is C27H32N4OS. The van der Waals surface area contributed by atoms with E-state index in [1.807, 2.05) is 24.4 Å². The Kier molecular flexibility index (Phi) is 6.11. The highest BCUT2D eigenvalue weighted by Crippen LogP contribution is 2.44. The zero-order valence-electron chi connectivity index (χ0n) is 19.6. The summed E-state index contributed by atoms with van der Waals surface area (Å²) < 4.78 is 7.70. The first-order chi connectivity index (χ1) is 16.1. The number of hydrogen-bond acceptors (Lipinski definition) is 3. The molecule has 0 amide bonds. The van der Waals surface area contributed by atoms with Crippen molar-refractivity contribution < 1.29 is 4.74 Å². The van der Waals surface area contributed by atoms with Gasteiger partial charge in [-0.25, -0.2) is 0 Å². The summed E-state index contributed by atoms with van der Waals surface area (Å²) >= 11 is 5.95. The van der Waals surface area contributed by atoms with Crippen LogP contribution in [-0.4, -0.2) is 32.7 Å². The van der Waals surface area contributed by atoms with Crippen molar-refractivity contribution in [2.24, 2.45) is 0 Å². The van der Waals surface area contributed by atoms with Crippen molar-refractivity contribution in [2.45, 2.75) is 64.1 Å². The SMILES string of the molecule is COc1ccc(-n2c(C)cc([C@@H]3[C@H](c4ccccn4)NC(=S)N3C3CCCCC3)c2C)cc1. The third-order valence-electron chi connectivity index (χ3n) is 7.22. The van der Waals surface area contributed by atoms with Gasteiger partial charge in [-0.2, -0.15) is 0 Å². The molecule has 0 spiro atoms. The maximum absolute atomic E-state index is 5.95. The average molecular weight is 461 g/mol. The van der Waals surface area contributed by atoms with Crippen LogP contribution in [0, 0.1) is 13.8 Å². The van der Waals surface area contributed by atoms with Crippen LogP contribution in [0.5, 0.6) is 5.75 Å². The van der Waals surface area contributed by atoms with Crippen LogP contribution in [0.15, 0.2) is 54.7 Å². The number of rotatable bonds is 5. The highest BCUT2D eigenvalue weighted by atomic mass is 32.1. The lowest BCUT2D eigenvalue weighted by atomic mass is 9.90. The van der Waals surface area contributed by atoms with Crippen LogP contribution < -0.4 is 10.1 Å². The predicted molar refractivity (Wildman–Crippen MR) is 136 cm³/mol. The summed E-state index contributed by atoms with van der Waals surface area (Å²) in [5.41, 5.74) is 5.96. The topological polar surface area (TPSA) is 42.3 Å². The van der Waals surface area contributed by atoms with E-state index < -0.39 is 0 Å². The standard InChI is InChI=1S/C27H32N4OS/c1-18-17-23(19(2)30(18)21-12-14-22(32-3)15-13-21)26-25(24-11-7-8-16-28-24)29-27(33)31(26)20-9-5-4-6-10-20/h7-8,11-17,20,25-26H,4-6,9-10H2,1-3H3,(H,29,33)/t25-,26+/m0/s1. The van der Waals surface area contributed by atoms with Crippen molar-refractivity contribution in [3.63, 3.8) is 0 Å². The van der Waals surface area contributed by atoms with Crippen molar-refractivity contribution in [2.75, 3.05) is 7.11 Å². The zero-order chi connectivity index (χ0) is 22.9. The van der Waals surface area contributed by atoms with Crippen molar-refractivity contribution in [1.29, 1.82) is 0 Å². The summed E-state index contributed by atoms with van der Waals surface area (Å²) in [4.78, 5) is 7.21. The molecule has 1 aliphatic carbocycles. The maximum Gasteiger partial charge on any atom is 0.170 e. The summed E-state index contributed by atoms with van der Waals surface area (Å²) in [6.07, 6.45) is 8.14. The number of nitrogens with zero attached hydrogens (tertiary/aromatic N) is 3. The summed E-state index contributed by atoms with van der Waals surface area (Å²) in [5, 5.41) is 4.50. The van der Waals surface area contributed by atoms with Gasteiger partial charge in [0.15, 0.2) is 5.11 Å². The van der Waals surface area contributed by atoms with E-state index in [-0.39, 0.29) is 12.1 Å². The van der Waals surface area contributed by atoms with Crippen molar-refractivity contribution in [3.8, 4) is 11.4 Å². The first-order valence-corrected chi connectivity index (χ1v) is 12.3. The van der Waals surface area contributed by atoms with E-state index in [9.17, 15) is 0 Å². The maximum atomic E-state index is 5.95. The molecule has 5 nitrogen and oxygen atoms in total. The van der Waals surface area contributed by atoms with Gasteiger partial charge in [-0.1, -0.05) is 25.3 Å². The number of aromatic nitrogens is 2. The van der Waals surface area contributed by atoms with Crippen LogP contribution in [0.4, 0.5) is 0 Å². The van der Waals surface area contributed by atoms with Gasteiger partial charge in [0, 0.05) is 29.3 Å². The number of methoxy groups -OCH3 is 1. The molecular weight excluding hydrogens is 428 g/mol. The minimum absolute atomic E-state index is 0.0328. The molecule has 2 atom stereocenters.